The Bertz CT molecular complexity index is 301. The summed E-state index contributed by atoms with van der Waals surface area (Å²) in [5, 5.41) is 9.05. The second kappa shape index (κ2) is 7.48. The van der Waals surface area contributed by atoms with Crippen molar-refractivity contribution in [3.63, 3.8) is 0 Å². The molecule has 1 aliphatic heterocycles. The van der Waals surface area contributed by atoms with E-state index in [-0.39, 0.29) is 6.03 Å². The zero-order valence-corrected chi connectivity index (χ0v) is 11.6. The van der Waals surface area contributed by atoms with E-state index in [4.69, 9.17) is 9.84 Å². The Morgan fingerprint density at radius 2 is 2.22 bits per heavy atom. The number of amides is 2. The fourth-order valence-corrected chi connectivity index (χ4v) is 2.86. The van der Waals surface area contributed by atoms with E-state index in [0.29, 0.717) is 37.9 Å². The minimum absolute atomic E-state index is 0.213. The van der Waals surface area contributed by atoms with Gasteiger partial charge in [0.1, 0.15) is 6.04 Å². The van der Waals surface area contributed by atoms with E-state index < -0.39 is 12.0 Å². The molecular formula is C11H20N2O4S. The highest BCUT2D eigenvalue weighted by Crippen LogP contribution is 2.22. The number of hydrogen-bond donors (Lipinski definition) is 1. The summed E-state index contributed by atoms with van der Waals surface area (Å²) >= 11 is 1.47. The Hall–Kier alpha value is -0.950. The van der Waals surface area contributed by atoms with Gasteiger partial charge in [-0.3, -0.25) is 0 Å². The van der Waals surface area contributed by atoms with Crippen molar-refractivity contribution in [1.29, 1.82) is 0 Å². The number of carboxylic acids is 1. The van der Waals surface area contributed by atoms with Gasteiger partial charge in [0.15, 0.2) is 0 Å². The molecule has 1 aliphatic rings. The van der Waals surface area contributed by atoms with Gasteiger partial charge in [-0.2, -0.15) is 0 Å². The smallest absolute Gasteiger partial charge is 0.327 e. The number of carbonyl (C=O) groups is 2. The van der Waals surface area contributed by atoms with Gasteiger partial charge in [0.05, 0.1) is 12.5 Å². The lowest BCUT2D eigenvalue weighted by molar-refractivity contribution is -0.140. The van der Waals surface area contributed by atoms with Gasteiger partial charge in [0.25, 0.3) is 0 Å². The van der Waals surface area contributed by atoms with Crippen molar-refractivity contribution >= 4 is 23.8 Å². The predicted octanol–water partition coefficient (Wildman–Crippen LogP) is 0.924. The lowest BCUT2D eigenvalue weighted by Gasteiger charge is -2.28. The molecule has 7 heteroatoms. The van der Waals surface area contributed by atoms with Gasteiger partial charge in [-0.05, 0) is 13.8 Å². The molecule has 18 heavy (non-hydrogen) atoms. The third-order valence-electron chi connectivity index (χ3n) is 2.77. The standard InChI is InChI=1S/C11H20N2O4S/c1-3-12(5-6-17-4-2)11(16)13-8-18-7-9(13)10(14)15/h9H,3-8H2,1-2H3,(H,14,15)/t9-/m0/s1. The minimum atomic E-state index is -0.936. The van der Waals surface area contributed by atoms with Crippen LogP contribution in [0.2, 0.25) is 0 Å². The zero-order valence-electron chi connectivity index (χ0n) is 10.8. The predicted molar refractivity (Wildman–Crippen MR) is 69.7 cm³/mol. The number of hydrogen-bond acceptors (Lipinski definition) is 4. The first-order valence-electron chi connectivity index (χ1n) is 6.05. The summed E-state index contributed by atoms with van der Waals surface area (Å²) in [6.07, 6.45) is 0. The molecule has 0 aromatic carbocycles. The maximum Gasteiger partial charge on any atom is 0.327 e. The maximum absolute atomic E-state index is 12.2. The summed E-state index contributed by atoms with van der Waals surface area (Å²) in [5.74, 6) is -0.0282. The van der Waals surface area contributed by atoms with Crippen LogP contribution in [0.15, 0.2) is 0 Å². The summed E-state index contributed by atoms with van der Waals surface area (Å²) in [4.78, 5) is 26.3. The number of likely N-dealkylation sites (N-methyl/N-ethyl adjacent to an activating group) is 1. The molecule has 0 aromatic heterocycles. The lowest BCUT2D eigenvalue weighted by atomic mass is 10.3. The minimum Gasteiger partial charge on any atom is -0.480 e. The van der Waals surface area contributed by atoms with Crippen LogP contribution in [0.3, 0.4) is 0 Å². The van der Waals surface area contributed by atoms with Crippen LogP contribution >= 0.6 is 11.8 Å². The molecule has 104 valence electrons. The lowest BCUT2D eigenvalue weighted by Crippen LogP contribution is -2.49. The Kier molecular flexibility index (Phi) is 6.28. The molecule has 0 aliphatic carbocycles. The molecular weight excluding hydrogens is 256 g/mol. The van der Waals surface area contributed by atoms with Crippen LogP contribution in [0, 0.1) is 0 Å². The summed E-state index contributed by atoms with van der Waals surface area (Å²) < 4.78 is 5.22. The topological polar surface area (TPSA) is 70.1 Å². The monoisotopic (exact) mass is 276 g/mol. The van der Waals surface area contributed by atoms with Gasteiger partial charge < -0.3 is 19.6 Å². The molecule has 1 heterocycles. The molecule has 1 atom stereocenters. The van der Waals surface area contributed by atoms with Crippen LogP contribution in [0.25, 0.3) is 0 Å². The summed E-state index contributed by atoms with van der Waals surface area (Å²) in [5.41, 5.74) is 0. The average Bonchev–Trinajstić information content (AvgIpc) is 2.83. The summed E-state index contributed by atoms with van der Waals surface area (Å²) in [6.45, 7) is 5.92. The van der Waals surface area contributed by atoms with Crippen molar-refractivity contribution in [1.82, 2.24) is 9.80 Å². The molecule has 1 fully saturated rings. The molecule has 0 radical (unpaired) electrons. The largest absolute Gasteiger partial charge is 0.480 e. The van der Waals surface area contributed by atoms with Crippen LogP contribution in [0.1, 0.15) is 13.8 Å². The number of nitrogens with zero attached hydrogens (tertiary/aromatic N) is 2. The van der Waals surface area contributed by atoms with E-state index in [1.165, 1.54) is 16.7 Å². The van der Waals surface area contributed by atoms with E-state index in [1.54, 1.807) is 4.90 Å². The van der Waals surface area contributed by atoms with Crippen molar-refractivity contribution in [3.05, 3.63) is 0 Å². The zero-order chi connectivity index (χ0) is 13.5. The van der Waals surface area contributed by atoms with Crippen molar-refractivity contribution in [2.45, 2.75) is 19.9 Å². The third-order valence-corrected chi connectivity index (χ3v) is 3.79. The fraction of sp³-hybridized carbons (Fsp3) is 0.818. The first-order valence-corrected chi connectivity index (χ1v) is 7.21. The normalized spacial score (nSPS) is 19.0. The summed E-state index contributed by atoms with van der Waals surface area (Å²) in [7, 11) is 0. The van der Waals surface area contributed by atoms with E-state index in [9.17, 15) is 9.59 Å². The van der Waals surface area contributed by atoms with Crippen molar-refractivity contribution in [2.75, 3.05) is 37.9 Å². The first kappa shape index (κ1) is 15.1. The number of carbonyl (C=O) groups excluding carboxylic acids is 1. The SMILES string of the molecule is CCOCCN(CC)C(=O)N1CSC[C@H]1C(=O)O. The van der Waals surface area contributed by atoms with Gasteiger partial charge in [-0.15, -0.1) is 11.8 Å². The van der Waals surface area contributed by atoms with E-state index in [2.05, 4.69) is 0 Å². The quantitative estimate of drug-likeness (QED) is 0.731. The first-order chi connectivity index (χ1) is 8.61. The second-order valence-corrected chi connectivity index (χ2v) is 4.88. The van der Waals surface area contributed by atoms with E-state index in [0.717, 1.165) is 0 Å². The Labute approximate surface area is 111 Å². The van der Waals surface area contributed by atoms with Crippen LogP contribution < -0.4 is 0 Å². The molecule has 0 saturated carbocycles. The molecule has 1 N–H and O–H groups in total. The van der Waals surface area contributed by atoms with Crippen LogP contribution in [0.4, 0.5) is 4.79 Å². The number of ether oxygens (including phenoxy) is 1. The maximum atomic E-state index is 12.2. The van der Waals surface area contributed by atoms with Gasteiger partial charge in [-0.1, -0.05) is 0 Å². The molecule has 0 unspecified atom stereocenters. The average molecular weight is 276 g/mol. The second-order valence-electron chi connectivity index (χ2n) is 3.88. The Morgan fingerprint density at radius 1 is 1.50 bits per heavy atom. The Balaban J connectivity index is 2.57. The number of thioether (sulfide) groups is 1. The number of rotatable bonds is 6. The molecule has 0 bridgehead atoms. The van der Waals surface area contributed by atoms with Gasteiger partial charge in [-0.25, -0.2) is 9.59 Å². The van der Waals surface area contributed by atoms with Crippen molar-refractivity contribution in [2.24, 2.45) is 0 Å². The fourth-order valence-electron chi connectivity index (χ4n) is 1.73. The molecule has 6 nitrogen and oxygen atoms in total. The highest BCUT2D eigenvalue weighted by molar-refractivity contribution is 7.99. The molecule has 1 saturated heterocycles. The number of urea groups is 1. The Morgan fingerprint density at radius 3 is 2.78 bits per heavy atom. The summed E-state index contributed by atoms with van der Waals surface area (Å²) in [6, 6.07) is -0.918. The third kappa shape index (κ3) is 3.78. The van der Waals surface area contributed by atoms with Crippen molar-refractivity contribution < 1.29 is 19.4 Å². The molecule has 0 spiro atoms. The highest BCUT2D eigenvalue weighted by Gasteiger charge is 2.36. The molecule has 2 amide bonds. The van der Waals surface area contributed by atoms with Gasteiger partial charge in [0, 0.05) is 25.4 Å². The number of carboxylic acid groups (broad SMARTS) is 1. The van der Waals surface area contributed by atoms with E-state index >= 15 is 0 Å². The van der Waals surface area contributed by atoms with Crippen LogP contribution in [0.5, 0.6) is 0 Å². The van der Waals surface area contributed by atoms with E-state index in [1.807, 2.05) is 13.8 Å². The van der Waals surface area contributed by atoms with Crippen molar-refractivity contribution in [3.8, 4) is 0 Å². The molecule has 1 rings (SSSR count). The van der Waals surface area contributed by atoms with Crippen LogP contribution in [-0.4, -0.2) is 70.9 Å². The van der Waals surface area contributed by atoms with Gasteiger partial charge in [0.2, 0.25) is 0 Å². The molecule has 0 aromatic rings. The van der Waals surface area contributed by atoms with Gasteiger partial charge >= 0.3 is 12.0 Å². The number of aliphatic carboxylic acids is 1. The van der Waals surface area contributed by atoms with Crippen LogP contribution in [-0.2, 0) is 9.53 Å². The highest BCUT2D eigenvalue weighted by atomic mass is 32.2.